The topological polar surface area (TPSA) is 102 Å². The van der Waals surface area contributed by atoms with Gasteiger partial charge in [-0.25, -0.2) is 13.4 Å². The van der Waals surface area contributed by atoms with Crippen LogP contribution >= 0.6 is 11.3 Å². The summed E-state index contributed by atoms with van der Waals surface area (Å²) in [5.41, 5.74) is 2.28. The number of pyridine rings is 1. The van der Waals surface area contributed by atoms with Gasteiger partial charge in [0.05, 0.1) is 37.4 Å². The molecular formula is C24H23N3O4S2. The van der Waals surface area contributed by atoms with Crippen molar-refractivity contribution in [2.75, 3.05) is 5.32 Å². The van der Waals surface area contributed by atoms with Crippen molar-refractivity contribution in [2.24, 2.45) is 0 Å². The molecule has 33 heavy (non-hydrogen) atoms. The van der Waals surface area contributed by atoms with E-state index in [0.29, 0.717) is 46.6 Å². The first kappa shape index (κ1) is 21.8. The summed E-state index contributed by atoms with van der Waals surface area (Å²) < 4.78 is 31.3. The zero-order valence-corrected chi connectivity index (χ0v) is 19.9. The first-order valence-corrected chi connectivity index (χ1v) is 13.2. The Bertz CT molecular complexity index is 1460. The average molecular weight is 482 g/mol. The molecule has 1 aliphatic carbocycles. The van der Waals surface area contributed by atoms with Crippen LogP contribution in [0.3, 0.4) is 0 Å². The molecule has 0 saturated heterocycles. The first-order valence-electron chi connectivity index (χ1n) is 10.8. The van der Waals surface area contributed by atoms with Gasteiger partial charge in [-0.1, -0.05) is 24.1 Å². The van der Waals surface area contributed by atoms with E-state index in [-0.39, 0.29) is 16.1 Å². The van der Waals surface area contributed by atoms with Gasteiger partial charge in [-0.15, -0.1) is 11.3 Å². The molecule has 7 nitrogen and oxygen atoms in total. The monoisotopic (exact) mass is 481 g/mol. The Morgan fingerprint density at radius 2 is 1.91 bits per heavy atom. The van der Waals surface area contributed by atoms with E-state index in [0.717, 1.165) is 22.6 Å². The molecule has 170 valence electrons. The highest BCUT2D eigenvalue weighted by Crippen LogP contribution is 2.33. The Balaban J connectivity index is 1.50. The van der Waals surface area contributed by atoms with Gasteiger partial charge in [0.2, 0.25) is 0 Å². The van der Waals surface area contributed by atoms with Crippen molar-refractivity contribution < 1.29 is 17.7 Å². The number of anilines is 1. The van der Waals surface area contributed by atoms with E-state index in [1.165, 1.54) is 6.07 Å². The molecule has 0 spiro atoms. The molecule has 0 aliphatic heterocycles. The molecule has 0 radical (unpaired) electrons. The molecule has 4 aromatic rings. The second kappa shape index (κ2) is 8.39. The van der Waals surface area contributed by atoms with Crippen LogP contribution in [0.4, 0.5) is 5.69 Å². The fourth-order valence-electron chi connectivity index (χ4n) is 4.31. The van der Waals surface area contributed by atoms with Crippen molar-refractivity contribution in [1.29, 1.82) is 0 Å². The summed E-state index contributed by atoms with van der Waals surface area (Å²) in [6.07, 6.45) is 3.24. The number of benzene rings is 1. The normalized spacial score (nSPS) is 14.7. The number of carbonyl (C=O) groups excluding carboxylic acids is 1. The predicted octanol–water partition coefficient (Wildman–Crippen LogP) is 5.54. The fraction of sp³-hybridized carbons (Fsp3) is 0.292. The van der Waals surface area contributed by atoms with Crippen LogP contribution < -0.4 is 5.32 Å². The molecule has 0 unspecified atom stereocenters. The van der Waals surface area contributed by atoms with Crippen molar-refractivity contribution in [1.82, 2.24) is 10.1 Å². The molecule has 9 heteroatoms. The van der Waals surface area contributed by atoms with Crippen LogP contribution in [-0.4, -0.2) is 29.7 Å². The Labute approximate surface area is 195 Å². The lowest BCUT2D eigenvalue weighted by atomic mass is 10.1. The summed E-state index contributed by atoms with van der Waals surface area (Å²) in [4.78, 5) is 20.2. The van der Waals surface area contributed by atoms with E-state index in [1.54, 1.807) is 42.5 Å². The number of amides is 1. The van der Waals surface area contributed by atoms with Crippen LogP contribution in [0.5, 0.6) is 0 Å². The van der Waals surface area contributed by atoms with Crippen molar-refractivity contribution in [3.8, 4) is 10.6 Å². The highest BCUT2D eigenvalue weighted by Gasteiger charge is 2.30. The first-order chi connectivity index (χ1) is 15.8. The summed E-state index contributed by atoms with van der Waals surface area (Å²) >= 11 is 1.57. The zero-order valence-electron chi connectivity index (χ0n) is 18.3. The molecule has 0 atom stereocenters. The highest BCUT2D eigenvalue weighted by molar-refractivity contribution is 7.92. The molecule has 0 bridgehead atoms. The molecule has 5 rings (SSSR count). The van der Waals surface area contributed by atoms with E-state index < -0.39 is 9.84 Å². The van der Waals surface area contributed by atoms with Gasteiger partial charge < -0.3 is 9.84 Å². The van der Waals surface area contributed by atoms with Gasteiger partial charge in [0.1, 0.15) is 0 Å². The van der Waals surface area contributed by atoms with Crippen molar-refractivity contribution in [2.45, 2.75) is 49.7 Å². The van der Waals surface area contributed by atoms with E-state index in [1.807, 2.05) is 19.1 Å². The number of aryl methyl sites for hydroxylation is 2. The van der Waals surface area contributed by atoms with Gasteiger partial charge in [0.15, 0.2) is 9.84 Å². The van der Waals surface area contributed by atoms with Gasteiger partial charge >= 0.3 is 0 Å². The lowest BCUT2D eigenvalue weighted by Gasteiger charge is -2.13. The van der Waals surface area contributed by atoms with Gasteiger partial charge in [-0.3, -0.25) is 4.79 Å². The Morgan fingerprint density at radius 3 is 2.64 bits per heavy atom. The SMILES string of the molecule is Cc1ccc(-c2cc(C(=O)Nc3cccc(S(=O)(=O)C4CCCC4)c3)c3c(C)noc3n2)s1. The van der Waals surface area contributed by atoms with Crippen LogP contribution in [0.25, 0.3) is 21.7 Å². The average Bonchev–Trinajstić information content (AvgIpc) is 3.55. The maximum absolute atomic E-state index is 13.3. The molecular weight excluding hydrogens is 458 g/mol. The predicted molar refractivity (Wildman–Crippen MR) is 128 cm³/mol. The van der Waals surface area contributed by atoms with Crippen LogP contribution in [0, 0.1) is 13.8 Å². The largest absolute Gasteiger partial charge is 0.335 e. The standard InChI is InChI=1S/C24H23N3O4S2/c1-14-10-11-21(32-14)20-13-19(22-15(2)27-31-24(22)26-20)23(28)25-16-6-5-9-18(12-16)33(29,30)17-7-3-4-8-17/h5-6,9-13,17H,3-4,7-8H2,1-2H3,(H,25,28). The Kier molecular flexibility index (Phi) is 5.54. The van der Waals surface area contributed by atoms with E-state index in [4.69, 9.17) is 4.52 Å². The minimum Gasteiger partial charge on any atom is -0.335 e. The minimum absolute atomic E-state index is 0.239. The van der Waals surface area contributed by atoms with Crippen LogP contribution in [0.1, 0.15) is 46.6 Å². The molecule has 1 amide bonds. The molecule has 1 aromatic carbocycles. The second-order valence-corrected chi connectivity index (χ2v) is 11.9. The van der Waals surface area contributed by atoms with E-state index >= 15 is 0 Å². The number of carbonyl (C=O) groups is 1. The molecule has 1 N–H and O–H groups in total. The van der Waals surface area contributed by atoms with Crippen molar-refractivity contribution >= 4 is 43.9 Å². The highest BCUT2D eigenvalue weighted by atomic mass is 32.2. The smallest absolute Gasteiger partial charge is 0.259 e. The molecule has 3 aromatic heterocycles. The second-order valence-electron chi connectivity index (χ2n) is 8.35. The van der Waals surface area contributed by atoms with Crippen molar-refractivity contribution in [3.63, 3.8) is 0 Å². The number of hydrogen-bond acceptors (Lipinski definition) is 7. The maximum Gasteiger partial charge on any atom is 0.259 e. The number of nitrogens with one attached hydrogen (secondary N) is 1. The van der Waals surface area contributed by atoms with E-state index in [9.17, 15) is 13.2 Å². The minimum atomic E-state index is -3.42. The summed E-state index contributed by atoms with van der Waals surface area (Å²) in [6, 6.07) is 12.2. The van der Waals surface area contributed by atoms with Crippen LogP contribution in [-0.2, 0) is 9.84 Å². The Hall–Kier alpha value is -3.04. The molecule has 1 saturated carbocycles. The number of sulfone groups is 1. The third kappa shape index (κ3) is 4.06. The van der Waals surface area contributed by atoms with Gasteiger partial charge in [-0.2, -0.15) is 0 Å². The number of aromatic nitrogens is 2. The summed E-state index contributed by atoms with van der Waals surface area (Å²) in [7, 11) is -3.42. The van der Waals surface area contributed by atoms with Crippen LogP contribution in [0.2, 0.25) is 0 Å². The summed E-state index contributed by atoms with van der Waals surface area (Å²) in [5.74, 6) is -0.376. The fourth-order valence-corrected chi connectivity index (χ4v) is 7.04. The zero-order chi connectivity index (χ0) is 23.2. The third-order valence-electron chi connectivity index (χ3n) is 6.02. The number of rotatable bonds is 5. The summed E-state index contributed by atoms with van der Waals surface area (Å²) in [5, 5.41) is 7.03. The van der Waals surface area contributed by atoms with Gasteiger partial charge in [0.25, 0.3) is 11.6 Å². The molecule has 1 aliphatic rings. The summed E-state index contributed by atoms with van der Waals surface area (Å²) in [6.45, 7) is 3.76. The van der Waals surface area contributed by atoms with Gasteiger partial charge in [0, 0.05) is 10.6 Å². The number of hydrogen-bond donors (Lipinski definition) is 1. The Morgan fingerprint density at radius 1 is 1.12 bits per heavy atom. The lowest BCUT2D eigenvalue weighted by Crippen LogP contribution is -2.18. The third-order valence-corrected chi connectivity index (χ3v) is 9.30. The van der Waals surface area contributed by atoms with Crippen molar-refractivity contribution in [3.05, 3.63) is 58.6 Å². The number of fused-ring (bicyclic) bond motifs is 1. The molecule has 1 fully saturated rings. The lowest BCUT2D eigenvalue weighted by molar-refractivity contribution is 0.102. The maximum atomic E-state index is 13.3. The number of thiophene rings is 1. The van der Waals surface area contributed by atoms with Gasteiger partial charge in [-0.05, 0) is 63.1 Å². The molecule has 3 heterocycles. The van der Waals surface area contributed by atoms with Crippen LogP contribution in [0.15, 0.2) is 51.9 Å². The quantitative estimate of drug-likeness (QED) is 0.402. The number of nitrogens with zero attached hydrogens (tertiary/aromatic N) is 2. The van der Waals surface area contributed by atoms with E-state index in [2.05, 4.69) is 15.5 Å².